The number of pyridine rings is 1. The molecule has 0 saturated heterocycles. The number of para-hydroxylation sites is 4. The third-order valence-corrected chi connectivity index (χ3v) is 5.81. The predicted molar refractivity (Wildman–Crippen MR) is 117 cm³/mol. The number of nitrogens with zero attached hydrogens (tertiary/aromatic N) is 2. The molecule has 0 amide bonds. The Bertz CT molecular complexity index is 1220. The van der Waals surface area contributed by atoms with E-state index in [0.717, 1.165) is 0 Å². The van der Waals surface area contributed by atoms with E-state index in [-0.39, 0.29) is 5.03 Å². The lowest BCUT2D eigenvalue weighted by Gasteiger charge is -2.34. The number of rotatable bonds is 4. The van der Waals surface area contributed by atoms with Gasteiger partial charge >= 0.3 is 10.1 Å². The highest BCUT2D eigenvalue weighted by Crippen LogP contribution is 2.50. The quantitative estimate of drug-likeness (QED) is 0.440. The number of aromatic nitrogens is 1. The van der Waals surface area contributed by atoms with Gasteiger partial charge in [-0.15, -0.1) is 0 Å². The van der Waals surface area contributed by atoms with Gasteiger partial charge in [0.25, 0.3) is 0 Å². The number of hydrogen-bond donors (Lipinski definition) is 1. The fourth-order valence-corrected chi connectivity index (χ4v) is 4.52. The Kier molecular flexibility index (Phi) is 5.15. The molecule has 0 aliphatic carbocycles. The van der Waals surface area contributed by atoms with E-state index in [1.807, 2.05) is 6.07 Å². The van der Waals surface area contributed by atoms with Gasteiger partial charge in [0.1, 0.15) is 0 Å². The minimum Gasteiger partial charge on any atom is -0.453 e. The van der Waals surface area contributed by atoms with E-state index < -0.39 is 10.1 Å². The van der Waals surface area contributed by atoms with Crippen molar-refractivity contribution in [2.75, 3.05) is 4.90 Å². The fraction of sp³-hybridized carbons (Fsp3) is 0.0870. The summed E-state index contributed by atoms with van der Waals surface area (Å²) < 4.78 is 41.7. The molecule has 6 nitrogen and oxygen atoms in total. The second kappa shape index (κ2) is 7.78. The van der Waals surface area contributed by atoms with Gasteiger partial charge in [0.2, 0.25) is 0 Å². The summed E-state index contributed by atoms with van der Waals surface area (Å²) in [5, 5.41) is -0.246. The Hall–Kier alpha value is -3.42. The lowest BCUT2D eigenvalue weighted by Crippen LogP contribution is -2.27. The van der Waals surface area contributed by atoms with E-state index in [9.17, 15) is 13.0 Å². The van der Waals surface area contributed by atoms with Crippen LogP contribution in [0.3, 0.4) is 0 Å². The molecule has 0 unspecified atom stereocenters. The van der Waals surface area contributed by atoms with Crippen molar-refractivity contribution in [3.8, 4) is 11.5 Å². The first-order chi connectivity index (χ1) is 14.4. The van der Waals surface area contributed by atoms with Crippen LogP contribution in [-0.4, -0.2) is 18.0 Å². The van der Waals surface area contributed by atoms with Crippen LogP contribution in [0.5, 0.6) is 11.5 Å². The van der Waals surface area contributed by atoms with Crippen LogP contribution >= 0.6 is 0 Å². The average Bonchev–Trinajstić information content (AvgIpc) is 2.74. The highest BCUT2D eigenvalue weighted by molar-refractivity contribution is 7.90. The Balaban J connectivity index is 2.03. The largest absolute Gasteiger partial charge is 0.453 e. The third kappa shape index (κ3) is 3.49. The first-order valence-corrected chi connectivity index (χ1v) is 10.8. The van der Waals surface area contributed by atoms with E-state index in [1.54, 1.807) is 86.8 Å². The van der Waals surface area contributed by atoms with E-state index in [0.29, 0.717) is 39.7 Å². The molecule has 4 rings (SSSR count). The van der Waals surface area contributed by atoms with Gasteiger partial charge < -0.3 is 4.74 Å². The summed E-state index contributed by atoms with van der Waals surface area (Å²) in [7, 11) is -4.63. The molecule has 0 atom stereocenters. The van der Waals surface area contributed by atoms with E-state index in [2.05, 4.69) is 4.98 Å². The molecule has 1 aromatic heterocycles. The summed E-state index contributed by atoms with van der Waals surface area (Å²) in [6.07, 6.45) is 3.42. The number of benzene rings is 2. The zero-order valence-electron chi connectivity index (χ0n) is 16.5. The van der Waals surface area contributed by atoms with Gasteiger partial charge in [-0.25, -0.2) is 0 Å². The van der Waals surface area contributed by atoms with E-state index in [1.165, 1.54) is 4.90 Å². The van der Waals surface area contributed by atoms with Crippen LogP contribution in [0.2, 0.25) is 0 Å². The van der Waals surface area contributed by atoms with Crippen molar-refractivity contribution in [1.82, 2.24) is 4.98 Å². The SMILES string of the molecule is CC=C(C(C)=C(N1c2ccccc2Oc2ccccc21)S(=O)(=O)O)c1ccccn1. The Morgan fingerprint density at radius 1 is 0.967 bits per heavy atom. The normalized spacial score (nSPS) is 14.4. The summed E-state index contributed by atoms with van der Waals surface area (Å²) in [6, 6.07) is 19.6. The molecule has 0 fully saturated rings. The van der Waals surface area contributed by atoms with Crippen molar-refractivity contribution in [3.05, 3.63) is 95.3 Å². The molecule has 0 radical (unpaired) electrons. The monoisotopic (exact) mass is 420 g/mol. The average molecular weight is 420 g/mol. The molecule has 152 valence electrons. The first kappa shape index (κ1) is 19.9. The Morgan fingerprint density at radius 2 is 1.53 bits per heavy atom. The van der Waals surface area contributed by atoms with Gasteiger partial charge in [0.05, 0.1) is 17.1 Å². The molecule has 30 heavy (non-hydrogen) atoms. The van der Waals surface area contributed by atoms with Crippen molar-refractivity contribution in [2.24, 2.45) is 0 Å². The minimum absolute atomic E-state index is 0.246. The number of fused-ring (bicyclic) bond motifs is 2. The van der Waals surface area contributed by atoms with Crippen LogP contribution in [0.25, 0.3) is 5.57 Å². The molecular formula is C23H20N2O4S. The summed E-state index contributed by atoms with van der Waals surface area (Å²) in [5.74, 6) is 0.982. The maximum atomic E-state index is 12.7. The molecule has 2 aromatic carbocycles. The number of ether oxygens (including phenoxy) is 1. The Morgan fingerprint density at radius 3 is 2.03 bits per heavy atom. The lowest BCUT2D eigenvalue weighted by atomic mass is 10.0. The number of anilines is 2. The predicted octanol–water partition coefficient (Wildman–Crippen LogP) is 5.55. The Labute approximate surface area is 175 Å². The maximum absolute atomic E-state index is 12.7. The van der Waals surface area contributed by atoms with Crippen LogP contribution < -0.4 is 9.64 Å². The summed E-state index contributed by atoms with van der Waals surface area (Å²) in [4.78, 5) is 5.87. The van der Waals surface area contributed by atoms with Gasteiger partial charge in [-0.1, -0.05) is 36.4 Å². The van der Waals surface area contributed by atoms with E-state index >= 15 is 0 Å². The standard InChI is InChI=1S/C23H20N2O4S/c1-3-17(18-10-8-9-15-24-18)16(2)23(30(26,27)28)25-19-11-4-6-13-21(19)29-22-14-7-5-12-20(22)25/h3-15H,1-2H3,(H,26,27,28). The molecule has 0 bridgehead atoms. The molecule has 3 aromatic rings. The lowest BCUT2D eigenvalue weighted by molar-refractivity contribution is 0.473. The van der Waals surface area contributed by atoms with Crippen molar-refractivity contribution in [1.29, 1.82) is 0 Å². The van der Waals surface area contributed by atoms with Crippen LogP contribution in [0.1, 0.15) is 19.5 Å². The van der Waals surface area contributed by atoms with Crippen molar-refractivity contribution in [2.45, 2.75) is 13.8 Å². The summed E-state index contributed by atoms with van der Waals surface area (Å²) in [5.41, 5.74) is 2.60. The first-order valence-electron chi connectivity index (χ1n) is 9.34. The van der Waals surface area contributed by atoms with Crippen molar-refractivity contribution in [3.63, 3.8) is 0 Å². The second-order valence-corrected chi connectivity index (χ2v) is 8.03. The molecule has 0 saturated carbocycles. The molecule has 1 aliphatic rings. The van der Waals surface area contributed by atoms with Gasteiger partial charge in [-0.3, -0.25) is 14.4 Å². The zero-order chi connectivity index (χ0) is 21.3. The zero-order valence-corrected chi connectivity index (χ0v) is 17.3. The smallest absolute Gasteiger partial charge is 0.310 e. The van der Waals surface area contributed by atoms with Gasteiger partial charge in [-0.2, -0.15) is 8.42 Å². The summed E-state index contributed by atoms with van der Waals surface area (Å²) in [6.45, 7) is 3.46. The van der Waals surface area contributed by atoms with Gasteiger partial charge in [0.15, 0.2) is 16.5 Å². The minimum atomic E-state index is -4.63. The van der Waals surface area contributed by atoms with Crippen LogP contribution in [0, 0.1) is 0 Å². The highest BCUT2D eigenvalue weighted by atomic mass is 32.2. The molecule has 0 spiro atoms. The van der Waals surface area contributed by atoms with Crippen LogP contribution in [0.4, 0.5) is 11.4 Å². The molecule has 1 aliphatic heterocycles. The highest BCUT2D eigenvalue weighted by Gasteiger charge is 2.34. The molecule has 2 heterocycles. The van der Waals surface area contributed by atoms with Crippen LogP contribution in [0.15, 0.2) is 89.6 Å². The van der Waals surface area contributed by atoms with Crippen molar-refractivity contribution >= 4 is 27.1 Å². The molecule has 7 heteroatoms. The maximum Gasteiger partial charge on any atom is 0.310 e. The summed E-state index contributed by atoms with van der Waals surface area (Å²) >= 11 is 0. The second-order valence-electron chi connectivity index (χ2n) is 6.70. The van der Waals surface area contributed by atoms with Gasteiger partial charge in [-0.05, 0) is 55.8 Å². The number of hydrogen-bond acceptors (Lipinski definition) is 5. The fourth-order valence-electron chi connectivity index (χ4n) is 3.59. The molecule has 1 N–H and O–H groups in total. The van der Waals surface area contributed by atoms with Gasteiger partial charge in [0, 0.05) is 11.8 Å². The van der Waals surface area contributed by atoms with Crippen molar-refractivity contribution < 1.29 is 17.7 Å². The third-order valence-electron chi connectivity index (χ3n) is 4.83. The van der Waals surface area contributed by atoms with E-state index in [4.69, 9.17) is 4.74 Å². The number of allylic oxidation sites excluding steroid dienone is 3. The van der Waals surface area contributed by atoms with Crippen LogP contribution in [-0.2, 0) is 10.1 Å². The molecular weight excluding hydrogens is 400 g/mol. The topological polar surface area (TPSA) is 79.7 Å².